The molecule has 0 radical (unpaired) electrons. The fourth-order valence-electron chi connectivity index (χ4n) is 9.36. The summed E-state index contributed by atoms with van der Waals surface area (Å²) in [6, 6.07) is 73.9. The highest BCUT2D eigenvalue weighted by Gasteiger charge is 2.35. The van der Waals surface area contributed by atoms with Gasteiger partial charge in [0.15, 0.2) is 0 Å². The third-order valence-corrected chi connectivity index (χ3v) is 12.2. The summed E-state index contributed by atoms with van der Waals surface area (Å²) in [7, 11) is 0. The first-order chi connectivity index (χ1) is 27.5. The second-order valence-electron chi connectivity index (χ2n) is 15.7. The maximum Gasteiger partial charge on any atom is 0.0465 e. The van der Waals surface area contributed by atoms with Crippen molar-refractivity contribution < 1.29 is 0 Å². The van der Waals surface area contributed by atoms with Gasteiger partial charge in [-0.2, -0.15) is 0 Å². The average Bonchev–Trinajstić information content (AvgIpc) is 3.49. The van der Waals surface area contributed by atoms with Crippen LogP contribution in [0.2, 0.25) is 0 Å². The van der Waals surface area contributed by atoms with Crippen LogP contribution >= 0.6 is 0 Å². The van der Waals surface area contributed by atoms with Crippen molar-refractivity contribution in [1.82, 2.24) is 0 Å². The van der Waals surface area contributed by atoms with Gasteiger partial charge in [-0.3, -0.25) is 0 Å². The molecule has 1 nitrogen and oxygen atoms in total. The summed E-state index contributed by atoms with van der Waals surface area (Å²) in [6.45, 7) is 4.71. The fourth-order valence-corrected chi connectivity index (χ4v) is 9.36. The minimum atomic E-state index is -0.0939. The summed E-state index contributed by atoms with van der Waals surface area (Å²) >= 11 is 0. The molecule has 0 aliphatic heterocycles. The lowest BCUT2D eigenvalue weighted by atomic mass is 9.82. The van der Waals surface area contributed by atoms with E-state index in [2.05, 4.69) is 219 Å². The number of nitrogens with zero attached hydrogens (tertiary/aromatic N) is 1. The van der Waals surface area contributed by atoms with E-state index in [-0.39, 0.29) is 5.41 Å². The highest BCUT2D eigenvalue weighted by Crippen LogP contribution is 2.51. The predicted octanol–water partition coefficient (Wildman–Crippen LogP) is 15.4. The first kappa shape index (κ1) is 32.5. The number of anilines is 3. The van der Waals surface area contributed by atoms with E-state index in [1.54, 1.807) is 0 Å². The second-order valence-corrected chi connectivity index (χ2v) is 15.7. The number of hydrogen-bond acceptors (Lipinski definition) is 1. The van der Waals surface area contributed by atoms with Gasteiger partial charge in [0.05, 0.1) is 0 Å². The smallest absolute Gasteiger partial charge is 0.0465 e. The molecule has 10 aromatic rings. The zero-order valence-corrected chi connectivity index (χ0v) is 31.5. The molecule has 56 heavy (non-hydrogen) atoms. The van der Waals surface area contributed by atoms with Crippen LogP contribution < -0.4 is 4.90 Å². The SMILES string of the molecule is CC1(C)c2ccccc2-c2ccc(N(c3ccc(-c4ccc5c(ccc6ccc7ccccc7c65)c4)cc3)c3ccc(-c4cccc5ccccc45)cc3)cc21. The van der Waals surface area contributed by atoms with E-state index in [1.807, 2.05) is 0 Å². The lowest BCUT2D eigenvalue weighted by Crippen LogP contribution is -2.16. The number of fused-ring (bicyclic) bond motifs is 9. The summed E-state index contributed by atoms with van der Waals surface area (Å²) < 4.78 is 0. The zero-order chi connectivity index (χ0) is 37.4. The number of hydrogen-bond donors (Lipinski definition) is 0. The van der Waals surface area contributed by atoms with Gasteiger partial charge in [-0.1, -0.05) is 172 Å². The molecule has 0 heterocycles. The Morgan fingerprint density at radius 3 is 1.64 bits per heavy atom. The van der Waals surface area contributed by atoms with E-state index in [9.17, 15) is 0 Å². The standard InChI is InChI=1S/C55H39N/c1-55(2)52-17-8-7-15-50(52)51-33-31-45(35-53(51)55)56(44-29-24-39(25-30-44)47-16-9-12-37-10-3-5-13-46(37)47)43-27-22-36(23-28-43)41-26-32-49-42(34-41)21-20-40-19-18-38-11-4-6-14-48(38)54(40)49/h3-35H,1-2H3. The molecule has 10 aromatic carbocycles. The summed E-state index contributed by atoms with van der Waals surface area (Å²) in [4.78, 5) is 2.41. The van der Waals surface area contributed by atoms with Crippen LogP contribution in [0.25, 0.3) is 76.5 Å². The molecule has 0 saturated carbocycles. The van der Waals surface area contributed by atoms with Crippen LogP contribution in [0.3, 0.4) is 0 Å². The zero-order valence-electron chi connectivity index (χ0n) is 31.5. The fraction of sp³-hybridized carbons (Fsp3) is 0.0545. The van der Waals surface area contributed by atoms with Crippen molar-refractivity contribution in [2.45, 2.75) is 19.3 Å². The Bertz CT molecular complexity index is 3150. The molecule has 0 fully saturated rings. The monoisotopic (exact) mass is 713 g/mol. The topological polar surface area (TPSA) is 3.24 Å². The molecule has 0 saturated heterocycles. The van der Waals surface area contributed by atoms with Crippen LogP contribution in [0.1, 0.15) is 25.0 Å². The Hall–Kier alpha value is -6.96. The summed E-state index contributed by atoms with van der Waals surface area (Å²) in [5.74, 6) is 0. The van der Waals surface area contributed by atoms with Crippen LogP contribution in [0.5, 0.6) is 0 Å². The molecule has 1 aliphatic carbocycles. The molecule has 0 atom stereocenters. The molecule has 11 rings (SSSR count). The van der Waals surface area contributed by atoms with E-state index in [0.717, 1.165) is 17.1 Å². The van der Waals surface area contributed by atoms with E-state index in [4.69, 9.17) is 0 Å². The van der Waals surface area contributed by atoms with Crippen molar-refractivity contribution in [3.63, 3.8) is 0 Å². The molecule has 0 amide bonds. The van der Waals surface area contributed by atoms with Crippen molar-refractivity contribution in [1.29, 1.82) is 0 Å². The highest BCUT2D eigenvalue weighted by atomic mass is 15.1. The first-order valence-electron chi connectivity index (χ1n) is 19.6. The van der Waals surface area contributed by atoms with Crippen molar-refractivity contribution >= 4 is 60.2 Å². The molecular weight excluding hydrogens is 675 g/mol. The normalized spacial score (nSPS) is 13.0. The molecule has 0 aromatic heterocycles. The molecule has 0 spiro atoms. The Morgan fingerprint density at radius 2 is 0.857 bits per heavy atom. The van der Waals surface area contributed by atoms with Crippen molar-refractivity contribution in [3.05, 3.63) is 211 Å². The average molecular weight is 714 g/mol. The third-order valence-electron chi connectivity index (χ3n) is 12.2. The molecule has 264 valence electrons. The van der Waals surface area contributed by atoms with E-state index in [1.165, 1.54) is 87.6 Å². The van der Waals surface area contributed by atoms with Gasteiger partial charge in [-0.15, -0.1) is 0 Å². The lowest BCUT2D eigenvalue weighted by Gasteiger charge is -2.28. The van der Waals surface area contributed by atoms with E-state index >= 15 is 0 Å². The molecule has 0 N–H and O–H groups in total. The molecule has 1 aliphatic rings. The highest BCUT2D eigenvalue weighted by molar-refractivity contribution is 6.20. The van der Waals surface area contributed by atoms with Crippen molar-refractivity contribution in [2.75, 3.05) is 4.90 Å². The van der Waals surface area contributed by atoms with Crippen LogP contribution in [0, 0.1) is 0 Å². The maximum atomic E-state index is 2.42. The first-order valence-corrected chi connectivity index (χ1v) is 19.6. The molecule has 1 heteroatoms. The van der Waals surface area contributed by atoms with Gasteiger partial charge in [0.25, 0.3) is 0 Å². The quantitative estimate of drug-likeness (QED) is 0.161. The van der Waals surface area contributed by atoms with Gasteiger partial charge in [0, 0.05) is 22.5 Å². The van der Waals surface area contributed by atoms with E-state index < -0.39 is 0 Å². The number of benzene rings is 10. The van der Waals surface area contributed by atoms with Crippen molar-refractivity contribution in [2.24, 2.45) is 0 Å². The molecule has 0 unspecified atom stereocenters. The maximum absolute atomic E-state index is 2.42. The summed E-state index contributed by atoms with van der Waals surface area (Å²) in [5.41, 5.74) is 13.6. The summed E-state index contributed by atoms with van der Waals surface area (Å²) in [5, 5.41) is 10.2. The third kappa shape index (κ3) is 5.08. The van der Waals surface area contributed by atoms with E-state index in [0.29, 0.717) is 0 Å². The van der Waals surface area contributed by atoms with Gasteiger partial charge in [0.1, 0.15) is 0 Å². The molecule has 0 bridgehead atoms. The Kier molecular flexibility index (Phi) is 7.28. The second kappa shape index (κ2) is 12.5. The Labute approximate surface area is 327 Å². The largest absolute Gasteiger partial charge is 0.310 e. The van der Waals surface area contributed by atoms with Gasteiger partial charge in [-0.25, -0.2) is 0 Å². The van der Waals surface area contributed by atoms with Gasteiger partial charge in [-0.05, 0) is 130 Å². The minimum Gasteiger partial charge on any atom is -0.310 e. The van der Waals surface area contributed by atoms with Crippen LogP contribution in [0.15, 0.2) is 200 Å². The van der Waals surface area contributed by atoms with Crippen LogP contribution in [-0.4, -0.2) is 0 Å². The van der Waals surface area contributed by atoms with Gasteiger partial charge >= 0.3 is 0 Å². The predicted molar refractivity (Wildman–Crippen MR) is 240 cm³/mol. The van der Waals surface area contributed by atoms with Gasteiger partial charge in [0.2, 0.25) is 0 Å². The van der Waals surface area contributed by atoms with Crippen LogP contribution in [-0.2, 0) is 5.41 Å². The summed E-state index contributed by atoms with van der Waals surface area (Å²) in [6.07, 6.45) is 0. The minimum absolute atomic E-state index is 0.0939. The Morgan fingerprint density at radius 1 is 0.321 bits per heavy atom. The van der Waals surface area contributed by atoms with Gasteiger partial charge < -0.3 is 4.90 Å². The van der Waals surface area contributed by atoms with Crippen LogP contribution in [0.4, 0.5) is 17.1 Å². The number of rotatable bonds is 5. The molecular formula is C55H39N. The lowest BCUT2D eigenvalue weighted by molar-refractivity contribution is 0.660. The van der Waals surface area contributed by atoms with Crippen molar-refractivity contribution in [3.8, 4) is 33.4 Å². The Balaban J connectivity index is 1.01.